The molecule has 14 nitrogen and oxygen atoms in total. The normalized spacial score (nSPS) is 30.1. The average Bonchev–Trinajstić information content (AvgIpc) is 3.26. The van der Waals surface area contributed by atoms with Crippen molar-refractivity contribution in [2.45, 2.75) is 82.2 Å². The predicted molar refractivity (Wildman–Crippen MR) is 117 cm³/mol. The number of phosphoric acid groups is 1. The summed E-state index contributed by atoms with van der Waals surface area (Å²) >= 11 is 0. The van der Waals surface area contributed by atoms with Crippen LogP contribution in [0.5, 0.6) is 0 Å². The van der Waals surface area contributed by atoms with Gasteiger partial charge in [0.05, 0.1) is 12.9 Å². The number of fused-ring (bicyclic) bond motifs is 1. The minimum atomic E-state index is -4.77. The molecule has 2 aliphatic rings. The van der Waals surface area contributed by atoms with Crippen LogP contribution in [0.25, 0.3) is 11.2 Å². The zero-order valence-corrected chi connectivity index (χ0v) is 20.2. The highest BCUT2D eigenvalue weighted by atomic mass is 31.2. The van der Waals surface area contributed by atoms with Gasteiger partial charge in [-0.1, -0.05) is 0 Å². The highest BCUT2D eigenvalue weighted by Gasteiger charge is 2.47. The average molecular weight is 501 g/mol. The molecule has 15 heteroatoms. The number of nitrogens with one attached hydrogen (secondary N) is 1. The summed E-state index contributed by atoms with van der Waals surface area (Å²) in [6.07, 6.45) is -1.28. The number of aliphatic hydroxyl groups is 2. The number of anilines is 1. The molecule has 0 aliphatic carbocycles. The van der Waals surface area contributed by atoms with Crippen LogP contribution in [0, 0.1) is 0 Å². The summed E-state index contributed by atoms with van der Waals surface area (Å²) in [7, 11) is -4.77. The van der Waals surface area contributed by atoms with Crippen LogP contribution in [0.1, 0.15) is 46.8 Å². The number of imidazole rings is 1. The third-order valence-corrected chi connectivity index (χ3v) is 6.79. The quantitative estimate of drug-likeness (QED) is 0.341. The smallest absolute Gasteiger partial charge is 0.387 e. The van der Waals surface area contributed by atoms with Gasteiger partial charge in [-0.15, -0.1) is 10.3 Å². The molecule has 2 fully saturated rings. The molecule has 2 aromatic heterocycles. The summed E-state index contributed by atoms with van der Waals surface area (Å²) in [5.41, 5.74) is -0.423. The van der Waals surface area contributed by atoms with Crippen molar-refractivity contribution in [2.24, 2.45) is 0 Å². The zero-order valence-electron chi connectivity index (χ0n) is 19.3. The SMILES string of the molecule is CC1(C)CC(Nc2ncnc3c2ncn3[C@@H]2O[C@H](COP(=O)(O)O)[C@@H](O)[C@H]2O)CC(C)(C)N1[O]. The standard InChI is InChI=1S/C19H30N6O8P/c1-18(2)5-10(6-19(3,4)25(18)28)23-15-12-16(21-8-20-15)24(9-22-12)17-14(27)13(26)11(33-17)7-32-34(29,30)31/h8-11,13-14,17,26-27H,5-7H2,1-4H3,(H,20,21,23)(H2,29,30,31)/t11-,13-,14-,17-/m1/s1. The van der Waals surface area contributed by atoms with Gasteiger partial charge in [0.15, 0.2) is 23.2 Å². The Kier molecular flexibility index (Phi) is 6.51. The van der Waals surface area contributed by atoms with Crippen molar-refractivity contribution in [3.05, 3.63) is 12.7 Å². The van der Waals surface area contributed by atoms with E-state index in [0.29, 0.717) is 29.8 Å². The molecule has 5 N–H and O–H groups in total. The van der Waals surface area contributed by atoms with E-state index in [1.54, 1.807) is 0 Å². The molecule has 4 atom stereocenters. The monoisotopic (exact) mass is 501 g/mol. The summed E-state index contributed by atoms with van der Waals surface area (Å²) in [6, 6.07) is -0.0530. The third-order valence-electron chi connectivity index (χ3n) is 6.31. The zero-order chi connectivity index (χ0) is 25.1. The Morgan fingerprint density at radius 3 is 2.41 bits per heavy atom. The fourth-order valence-electron chi connectivity index (χ4n) is 4.97. The lowest BCUT2D eigenvalue weighted by molar-refractivity contribution is -0.288. The van der Waals surface area contributed by atoms with Crippen molar-refractivity contribution >= 4 is 24.8 Å². The van der Waals surface area contributed by atoms with E-state index in [2.05, 4.69) is 24.8 Å². The van der Waals surface area contributed by atoms with Crippen molar-refractivity contribution in [1.29, 1.82) is 0 Å². The number of hydrogen-bond acceptors (Lipinski definition) is 10. The van der Waals surface area contributed by atoms with Gasteiger partial charge in [0.2, 0.25) is 0 Å². The van der Waals surface area contributed by atoms with Crippen LogP contribution in [0.2, 0.25) is 0 Å². The molecule has 4 rings (SSSR count). The van der Waals surface area contributed by atoms with E-state index in [1.807, 2.05) is 27.7 Å². The molecule has 0 saturated carbocycles. The number of ether oxygens (including phenoxy) is 1. The van der Waals surface area contributed by atoms with Gasteiger partial charge in [-0.2, -0.15) is 0 Å². The molecule has 0 spiro atoms. The molecule has 0 amide bonds. The molecule has 0 unspecified atom stereocenters. The summed E-state index contributed by atoms with van der Waals surface area (Å²) in [6.45, 7) is 6.98. The Morgan fingerprint density at radius 2 is 1.79 bits per heavy atom. The number of aliphatic hydroxyl groups excluding tert-OH is 2. The Bertz CT molecular complexity index is 1070. The van der Waals surface area contributed by atoms with Crippen molar-refractivity contribution in [1.82, 2.24) is 24.6 Å². The van der Waals surface area contributed by atoms with E-state index in [4.69, 9.17) is 14.5 Å². The number of aromatic nitrogens is 4. The van der Waals surface area contributed by atoms with Crippen LogP contribution in [0.3, 0.4) is 0 Å². The highest BCUT2D eigenvalue weighted by Crippen LogP contribution is 2.40. The molecule has 2 aliphatic heterocycles. The lowest BCUT2D eigenvalue weighted by Crippen LogP contribution is -2.60. The maximum Gasteiger partial charge on any atom is 0.469 e. The molecule has 34 heavy (non-hydrogen) atoms. The minimum Gasteiger partial charge on any atom is -0.387 e. The second kappa shape index (κ2) is 8.73. The highest BCUT2D eigenvalue weighted by molar-refractivity contribution is 7.46. The molecule has 0 bridgehead atoms. The first-order valence-corrected chi connectivity index (χ1v) is 12.4. The molecule has 4 heterocycles. The number of phosphoric ester groups is 1. The molecular formula is C19H30N6O8P. The predicted octanol–water partition coefficient (Wildman–Crippen LogP) is 0.334. The fourth-order valence-corrected chi connectivity index (χ4v) is 5.31. The maximum atomic E-state index is 12.7. The van der Waals surface area contributed by atoms with Gasteiger partial charge in [-0.05, 0) is 40.5 Å². The van der Waals surface area contributed by atoms with Crippen molar-refractivity contribution in [3.8, 4) is 0 Å². The number of nitrogens with zero attached hydrogens (tertiary/aromatic N) is 5. The number of hydroxylamine groups is 2. The molecule has 2 aromatic rings. The Hall–Kier alpha value is -1.74. The number of hydrogen-bond donors (Lipinski definition) is 5. The van der Waals surface area contributed by atoms with E-state index in [1.165, 1.54) is 17.2 Å². The van der Waals surface area contributed by atoms with E-state index in [-0.39, 0.29) is 6.04 Å². The second-order valence-electron chi connectivity index (χ2n) is 10.0. The van der Waals surface area contributed by atoms with Gasteiger partial charge >= 0.3 is 7.82 Å². The largest absolute Gasteiger partial charge is 0.469 e. The second-order valence-corrected chi connectivity index (χ2v) is 11.3. The van der Waals surface area contributed by atoms with Crippen molar-refractivity contribution < 1.29 is 39.0 Å². The number of piperidine rings is 1. The fraction of sp³-hybridized carbons (Fsp3) is 0.737. The molecule has 1 radical (unpaired) electrons. The molecule has 2 saturated heterocycles. The Morgan fingerprint density at radius 1 is 1.15 bits per heavy atom. The number of rotatable bonds is 6. The van der Waals surface area contributed by atoms with E-state index < -0.39 is 50.0 Å². The van der Waals surface area contributed by atoms with Crippen molar-refractivity contribution in [2.75, 3.05) is 11.9 Å². The molecule has 0 aromatic carbocycles. The van der Waals surface area contributed by atoms with E-state index >= 15 is 0 Å². The first-order chi connectivity index (χ1) is 15.7. The Labute approximate surface area is 195 Å². The third kappa shape index (κ3) is 4.83. The van der Waals surface area contributed by atoms with E-state index in [9.17, 15) is 20.0 Å². The summed E-state index contributed by atoms with van der Waals surface area (Å²) < 4.78 is 22.4. The first-order valence-electron chi connectivity index (χ1n) is 10.8. The van der Waals surface area contributed by atoms with Gasteiger partial charge in [-0.3, -0.25) is 9.09 Å². The van der Waals surface area contributed by atoms with Gasteiger partial charge in [0, 0.05) is 17.1 Å². The molecular weight excluding hydrogens is 471 g/mol. The topological polar surface area (TPSA) is 195 Å². The Balaban J connectivity index is 1.56. The van der Waals surface area contributed by atoms with Crippen LogP contribution in [-0.4, -0.2) is 86.6 Å². The van der Waals surface area contributed by atoms with Crippen LogP contribution in [-0.2, 0) is 19.0 Å². The molecule has 189 valence electrons. The summed E-state index contributed by atoms with van der Waals surface area (Å²) in [5.74, 6) is 0.453. The maximum absolute atomic E-state index is 12.7. The summed E-state index contributed by atoms with van der Waals surface area (Å²) in [5, 5.41) is 37.9. The van der Waals surface area contributed by atoms with Gasteiger partial charge < -0.3 is 30.1 Å². The van der Waals surface area contributed by atoms with Crippen LogP contribution < -0.4 is 5.32 Å². The van der Waals surface area contributed by atoms with Gasteiger partial charge in [0.1, 0.15) is 24.6 Å². The van der Waals surface area contributed by atoms with Gasteiger partial charge in [-0.25, -0.2) is 19.5 Å². The van der Waals surface area contributed by atoms with Crippen LogP contribution in [0.4, 0.5) is 5.82 Å². The lowest BCUT2D eigenvalue weighted by Gasteiger charge is -2.50. The van der Waals surface area contributed by atoms with Crippen LogP contribution >= 0.6 is 7.82 Å². The van der Waals surface area contributed by atoms with Crippen molar-refractivity contribution in [3.63, 3.8) is 0 Å². The minimum absolute atomic E-state index is 0.0530. The summed E-state index contributed by atoms with van der Waals surface area (Å²) in [4.78, 5) is 30.7. The first kappa shape index (κ1) is 25.4. The van der Waals surface area contributed by atoms with Crippen LogP contribution in [0.15, 0.2) is 12.7 Å². The lowest BCUT2D eigenvalue weighted by atomic mass is 9.79. The van der Waals surface area contributed by atoms with Gasteiger partial charge in [0.25, 0.3) is 0 Å². The van der Waals surface area contributed by atoms with E-state index in [0.717, 1.165) is 5.06 Å².